The quantitative estimate of drug-likeness (QED) is 0.740. The molecule has 0 fully saturated rings. The number of rotatable bonds is 3. The van der Waals surface area contributed by atoms with Crippen molar-refractivity contribution in [3.05, 3.63) is 29.3 Å². The topological polar surface area (TPSA) is 9.23 Å². The van der Waals surface area contributed by atoms with Crippen molar-refractivity contribution in [2.75, 3.05) is 6.61 Å². The summed E-state index contributed by atoms with van der Waals surface area (Å²) in [6, 6.07) is 6.63. The second-order valence-corrected chi connectivity index (χ2v) is 4.47. The Morgan fingerprint density at radius 1 is 1.25 bits per heavy atom. The highest BCUT2D eigenvalue weighted by molar-refractivity contribution is 5.39. The first kappa shape index (κ1) is 13.1. The number of hydrogen-bond donors (Lipinski definition) is 0. The maximum atomic E-state index is 5.48. The minimum atomic E-state index is 0.791. The van der Waals surface area contributed by atoms with Gasteiger partial charge in [-0.3, -0.25) is 0 Å². The number of benzene rings is 1. The van der Waals surface area contributed by atoms with Crippen LogP contribution in [0.5, 0.6) is 5.75 Å². The molecule has 1 aromatic rings. The molecule has 0 spiro atoms. The summed E-state index contributed by atoms with van der Waals surface area (Å²) in [5, 5.41) is 0. The lowest BCUT2D eigenvalue weighted by molar-refractivity contribution is 0.357. The van der Waals surface area contributed by atoms with Crippen molar-refractivity contribution in [1.82, 2.24) is 0 Å². The van der Waals surface area contributed by atoms with Crippen LogP contribution in [-0.4, -0.2) is 6.61 Å². The van der Waals surface area contributed by atoms with Crippen LogP contribution in [0.4, 0.5) is 0 Å². The maximum Gasteiger partial charge on any atom is 0.122 e. The highest BCUT2D eigenvalue weighted by Crippen LogP contribution is 2.26. The van der Waals surface area contributed by atoms with Crippen molar-refractivity contribution in [2.24, 2.45) is 5.92 Å². The lowest BCUT2D eigenvalue weighted by Crippen LogP contribution is -1.92. The molecule has 1 aliphatic rings. The minimum absolute atomic E-state index is 0.791. The van der Waals surface area contributed by atoms with Gasteiger partial charge in [-0.25, -0.2) is 0 Å². The molecule has 0 aromatic heterocycles. The Kier molecular flexibility index (Phi) is 5.37. The summed E-state index contributed by atoms with van der Waals surface area (Å²) in [6.07, 6.45) is 3.56. The van der Waals surface area contributed by atoms with Crippen LogP contribution in [0.1, 0.15) is 45.2 Å². The second-order valence-electron chi connectivity index (χ2n) is 4.47. The number of aryl methyl sites for hydroxylation is 1. The summed E-state index contributed by atoms with van der Waals surface area (Å²) in [7, 11) is 0. The predicted octanol–water partition coefficient (Wildman–Crippen LogP) is 4.24. The van der Waals surface area contributed by atoms with Crippen molar-refractivity contribution in [1.29, 1.82) is 0 Å². The highest BCUT2D eigenvalue weighted by atomic mass is 16.5. The van der Waals surface area contributed by atoms with Gasteiger partial charge in [0.1, 0.15) is 5.75 Å². The first-order chi connectivity index (χ1) is 7.75. The van der Waals surface area contributed by atoms with Crippen molar-refractivity contribution >= 4 is 0 Å². The van der Waals surface area contributed by atoms with Gasteiger partial charge in [-0.1, -0.05) is 39.8 Å². The van der Waals surface area contributed by atoms with E-state index in [0.717, 1.165) is 24.7 Å². The van der Waals surface area contributed by atoms with Crippen LogP contribution >= 0.6 is 0 Å². The number of hydrogen-bond acceptors (Lipinski definition) is 1. The standard InChI is InChI=1S/C13H18O.C2H6/c1-10(2)3-4-11-5-6-13-12(9-11)7-8-14-13;1-2/h5-6,9-10H,3-4,7-8H2,1-2H3;1-2H3. The molecule has 0 saturated heterocycles. The molecular formula is C15H24O. The number of fused-ring (bicyclic) bond motifs is 1. The maximum absolute atomic E-state index is 5.48. The summed E-state index contributed by atoms with van der Waals surface area (Å²) < 4.78 is 5.48. The van der Waals surface area contributed by atoms with Crippen LogP contribution < -0.4 is 4.74 Å². The third kappa shape index (κ3) is 3.55. The van der Waals surface area contributed by atoms with E-state index in [0.29, 0.717) is 0 Å². The monoisotopic (exact) mass is 220 g/mol. The molecule has 1 heteroatoms. The molecule has 2 rings (SSSR count). The number of ether oxygens (including phenoxy) is 1. The third-order valence-corrected chi connectivity index (χ3v) is 2.76. The van der Waals surface area contributed by atoms with E-state index in [4.69, 9.17) is 4.74 Å². The highest BCUT2D eigenvalue weighted by Gasteiger charge is 2.11. The summed E-state index contributed by atoms with van der Waals surface area (Å²) in [4.78, 5) is 0. The van der Waals surface area contributed by atoms with E-state index >= 15 is 0 Å². The molecule has 1 nitrogen and oxygen atoms in total. The van der Waals surface area contributed by atoms with E-state index in [1.807, 2.05) is 13.8 Å². The van der Waals surface area contributed by atoms with Gasteiger partial charge >= 0.3 is 0 Å². The molecule has 0 bridgehead atoms. The third-order valence-electron chi connectivity index (χ3n) is 2.76. The van der Waals surface area contributed by atoms with Gasteiger partial charge in [0, 0.05) is 6.42 Å². The fourth-order valence-corrected chi connectivity index (χ4v) is 1.85. The van der Waals surface area contributed by atoms with Crippen LogP contribution in [0, 0.1) is 5.92 Å². The van der Waals surface area contributed by atoms with Crippen LogP contribution in [-0.2, 0) is 12.8 Å². The molecule has 0 saturated carbocycles. The van der Waals surface area contributed by atoms with E-state index in [9.17, 15) is 0 Å². The Morgan fingerprint density at radius 2 is 2.00 bits per heavy atom. The molecule has 0 atom stereocenters. The van der Waals surface area contributed by atoms with Gasteiger partial charge in [0.05, 0.1) is 6.61 Å². The molecule has 0 radical (unpaired) electrons. The fourth-order valence-electron chi connectivity index (χ4n) is 1.85. The Morgan fingerprint density at radius 3 is 2.69 bits per heavy atom. The van der Waals surface area contributed by atoms with Crippen molar-refractivity contribution in [3.63, 3.8) is 0 Å². The van der Waals surface area contributed by atoms with Crippen LogP contribution in [0.2, 0.25) is 0 Å². The van der Waals surface area contributed by atoms with Crippen molar-refractivity contribution < 1.29 is 4.74 Å². The molecule has 1 heterocycles. The molecular weight excluding hydrogens is 196 g/mol. The van der Waals surface area contributed by atoms with Gasteiger partial charge in [0.15, 0.2) is 0 Å². The van der Waals surface area contributed by atoms with Gasteiger partial charge in [0.2, 0.25) is 0 Å². The molecule has 0 aliphatic carbocycles. The van der Waals surface area contributed by atoms with Crippen LogP contribution in [0.25, 0.3) is 0 Å². The summed E-state index contributed by atoms with van der Waals surface area (Å²) in [6.45, 7) is 9.41. The zero-order chi connectivity index (χ0) is 12.0. The van der Waals surface area contributed by atoms with Crippen molar-refractivity contribution in [3.8, 4) is 5.75 Å². The van der Waals surface area contributed by atoms with Crippen LogP contribution in [0.15, 0.2) is 18.2 Å². The molecule has 1 aromatic carbocycles. The molecule has 0 unspecified atom stereocenters. The second kappa shape index (κ2) is 6.57. The Labute approximate surface area is 99.8 Å². The average molecular weight is 220 g/mol. The lowest BCUT2D eigenvalue weighted by atomic mass is 10.0. The van der Waals surface area contributed by atoms with E-state index in [2.05, 4.69) is 32.0 Å². The molecule has 16 heavy (non-hydrogen) atoms. The van der Waals surface area contributed by atoms with Gasteiger partial charge < -0.3 is 4.74 Å². The van der Waals surface area contributed by atoms with E-state index in [1.165, 1.54) is 24.0 Å². The minimum Gasteiger partial charge on any atom is -0.493 e. The smallest absolute Gasteiger partial charge is 0.122 e. The molecule has 1 aliphatic heterocycles. The van der Waals surface area contributed by atoms with Gasteiger partial charge in [-0.2, -0.15) is 0 Å². The van der Waals surface area contributed by atoms with E-state index in [1.54, 1.807) is 0 Å². The first-order valence-corrected chi connectivity index (χ1v) is 6.50. The van der Waals surface area contributed by atoms with E-state index in [-0.39, 0.29) is 0 Å². The molecule has 0 N–H and O–H groups in total. The predicted molar refractivity (Wildman–Crippen MR) is 70.1 cm³/mol. The van der Waals surface area contributed by atoms with E-state index < -0.39 is 0 Å². The summed E-state index contributed by atoms with van der Waals surface area (Å²) in [5.74, 6) is 1.89. The lowest BCUT2D eigenvalue weighted by Gasteiger charge is -2.06. The van der Waals surface area contributed by atoms with Gasteiger partial charge in [0.25, 0.3) is 0 Å². The average Bonchev–Trinajstić information content (AvgIpc) is 2.76. The van der Waals surface area contributed by atoms with Gasteiger partial charge in [-0.05, 0) is 36.0 Å². The SMILES string of the molecule is CC.CC(C)CCc1ccc2c(c1)CCO2. The Balaban J connectivity index is 0.000000606. The Bertz CT molecular complexity index is 315. The zero-order valence-electron chi connectivity index (χ0n) is 11.0. The van der Waals surface area contributed by atoms with Crippen LogP contribution in [0.3, 0.4) is 0 Å². The summed E-state index contributed by atoms with van der Waals surface area (Å²) in [5.41, 5.74) is 2.86. The molecule has 90 valence electrons. The summed E-state index contributed by atoms with van der Waals surface area (Å²) >= 11 is 0. The first-order valence-electron chi connectivity index (χ1n) is 6.50. The zero-order valence-corrected chi connectivity index (χ0v) is 11.0. The Hall–Kier alpha value is -0.980. The van der Waals surface area contributed by atoms with Gasteiger partial charge in [-0.15, -0.1) is 0 Å². The largest absolute Gasteiger partial charge is 0.493 e. The van der Waals surface area contributed by atoms with Crippen molar-refractivity contribution in [2.45, 2.75) is 47.0 Å². The molecule has 0 amide bonds. The normalized spacial score (nSPS) is 12.8. The fraction of sp³-hybridized carbons (Fsp3) is 0.600.